The molecule has 0 fully saturated rings. The highest BCUT2D eigenvalue weighted by molar-refractivity contribution is 7.99. The van der Waals surface area contributed by atoms with E-state index in [4.69, 9.17) is 5.73 Å². The summed E-state index contributed by atoms with van der Waals surface area (Å²) in [5, 5.41) is 3.14. The van der Waals surface area contributed by atoms with Crippen LogP contribution in [0, 0.1) is 0 Å². The maximum atomic E-state index is 6.50. The first-order chi connectivity index (χ1) is 13.3. The van der Waals surface area contributed by atoms with Crippen molar-refractivity contribution in [3.8, 4) is 0 Å². The summed E-state index contributed by atoms with van der Waals surface area (Å²) in [6, 6.07) is 24.8. The Kier molecular flexibility index (Phi) is 4.94. The van der Waals surface area contributed by atoms with E-state index >= 15 is 0 Å². The third kappa shape index (κ3) is 3.46. The second kappa shape index (κ2) is 7.68. The summed E-state index contributed by atoms with van der Waals surface area (Å²) in [5.41, 5.74) is 8.19. The Labute approximate surface area is 163 Å². The van der Waals surface area contributed by atoms with E-state index in [-0.39, 0.29) is 0 Å². The van der Waals surface area contributed by atoms with E-state index in [1.165, 1.54) is 10.8 Å². The molecule has 0 spiro atoms. The average Bonchev–Trinajstić information content (AvgIpc) is 2.72. The van der Waals surface area contributed by atoms with Gasteiger partial charge in [-0.25, -0.2) is 9.97 Å². The summed E-state index contributed by atoms with van der Waals surface area (Å²) in [6.45, 7) is 2.86. The Bertz CT molecular complexity index is 1060. The van der Waals surface area contributed by atoms with Gasteiger partial charge in [0.05, 0.1) is 5.69 Å². The molecule has 0 amide bonds. The first-order valence-electron chi connectivity index (χ1n) is 8.86. The molecule has 0 unspecified atom stereocenters. The number of hydrogen-bond donors (Lipinski definition) is 1. The molecule has 4 aromatic rings. The molecule has 0 atom stereocenters. The summed E-state index contributed by atoms with van der Waals surface area (Å²) >= 11 is 1.55. The number of aromatic nitrogens is 2. The standard InChI is InChI=1S/C22H20N4S/c1-2-26(19-14-8-10-16-9-6-7-13-18(16)19)21-20(23)22(25-15-24-21)27-17-11-4-3-5-12-17/h3-15H,2,23H2,1H3. The Morgan fingerprint density at radius 3 is 2.44 bits per heavy atom. The molecule has 0 aliphatic heterocycles. The van der Waals surface area contributed by atoms with E-state index in [0.717, 1.165) is 28.0 Å². The first-order valence-corrected chi connectivity index (χ1v) is 9.68. The Morgan fingerprint density at radius 2 is 1.63 bits per heavy atom. The zero-order valence-corrected chi connectivity index (χ0v) is 15.9. The van der Waals surface area contributed by atoms with Gasteiger partial charge in [0.15, 0.2) is 5.82 Å². The van der Waals surface area contributed by atoms with Crippen LogP contribution < -0.4 is 10.6 Å². The zero-order valence-electron chi connectivity index (χ0n) is 15.0. The van der Waals surface area contributed by atoms with Gasteiger partial charge < -0.3 is 10.6 Å². The van der Waals surface area contributed by atoms with Crippen LogP contribution in [0.4, 0.5) is 17.2 Å². The molecular weight excluding hydrogens is 352 g/mol. The third-order valence-corrected chi connectivity index (χ3v) is 5.44. The van der Waals surface area contributed by atoms with Crippen LogP contribution >= 0.6 is 11.8 Å². The van der Waals surface area contributed by atoms with Gasteiger partial charge in [0.25, 0.3) is 0 Å². The lowest BCUT2D eigenvalue weighted by atomic mass is 10.1. The number of nitrogens with zero attached hydrogens (tertiary/aromatic N) is 3. The molecule has 4 rings (SSSR count). The van der Waals surface area contributed by atoms with Gasteiger partial charge in [-0.15, -0.1) is 0 Å². The van der Waals surface area contributed by atoms with Gasteiger partial charge in [0, 0.05) is 16.8 Å². The summed E-state index contributed by atoms with van der Waals surface area (Å²) in [5.74, 6) is 0.738. The number of rotatable bonds is 5. The molecule has 134 valence electrons. The maximum absolute atomic E-state index is 6.50. The molecule has 2 N–H and O–H groups in total. The van der Waals surface area contributed by atoms with Crippen molar-refractivity contribution in [1.82, 2.24) is 9.97 Å². The van der Waals surface area contributed by atoms with Gasteiger partial charge in [-0.3, -0.25) is 0 Å². The van der Waals surface area contributed by atoms with Gasteiger partial charge in [0.2, 0.25) is 0 Å². The fourth-order valence-electron chi connectivity index (χ4n) is 3.15. The average molecular weight is 372 g/mol. The fraction of sp³-hybridized carbons (Fsp3) is 0.0909. The van der Waals surface area contributed by atoms with Crippen molar-refractivity contribution < 1.29 is 0 Å². The van der Waals surface area contributed by atoms with Crippen molar-refractivity contribution in [3.05, 3.63) is 79.1 Å². The van der Waals surface area contributed by atoms with E-state index in [9.17, 15) is 0 Å². The van der Waals surface area contributed by atoms with Crippen LogP contribution in [0.25, 0.3) is 10.8 Å². The lowest BCUT2D eigenvalue weighted by molar-refractivity contribution is 0.958. The fourth-order valence-corrected chi connectivity index (χ4v) is 3.96. The number of fused-ring (bicyclic) bond motifs is 1. The van der Waals surface area contributed by atoms with Crippen LogP contribution in [-0.4, -0.2) is 16.5 Å². The summed E-state index contributed by atoms with van der Waals surface area (Å²) < 4.78 is 0. The smallest absolute Gasteiger partial charge is 0.160 e. The minimum atomic E-state index is 0.598. The largest absolute Gasteiger partial charge is 0.394 e. The quantitative estimate of drug-likeness (QED) is 0.467. The van der Waals surface area contributed by atoms with Crippen molar-refractivity contribution in [1.29, 1.82) is 0 Å². The van der Waals surface area contributed by atoms with Crippen LogP contribution in [0.5, 0.6) is 0 Å². The highest BCUT2D eigenvalue weighted by Crippen LogP contribution is 2.38. The van der Waals surface area contributed by atoms with Gasteiger partial charge in [-0.1, -0.05) is 66.4 Å². The molecule has 1 aromatic heterocycles. The van der Waals surface area contributed by atoms with Gasteiger partial charge >= 0.3 is 0 Å². The summed E-state index contributed by atoms with van der Waals surface area (Å²) in [4.78, 5) is 12.2. The van der Waals surface area contributed by atoms with E-state index < -0.39 is 0 Å². The van der Waals surface area contributed by atoms with Crippen LogP contribution in [0.2, 0.25) is 0 Å². The second-order valence-electron chi connectivity index (χ2n) is 6.07. The Morgan fingerprint density at radius 1 is 0.889 bits per heavy atom. The molecule has 0 bridgehead atoms. The van der Waals surface area contributed by atoms with Gasteiger partial charge in [-0.2, -0.15) is 0 Å². The Hall–Kier alpha value is -3.05. The number of nitrogens with two attached hydrogens (primary N) is 1. The molecule has 0 radical (unpaired) electrons. The van der Waals surface area contributed by atoms with Crippen LogP contribution in [0.15, 0.2) is 89.0 Å². The molecule has 5 heteroatoms. The topological polar surface area (TPSA) is 55.0 Å². The van der Waals surface area contributed by atoms with Crippen LogP contribution in [-0.2, 0) is 0 Å². The summed E-state index contributed by atoms with van der Waals surface area (Å²) in [7, 11) is 0. The highest BCUT2D eigenvalue weighted by atomic mass is 32.2. The molecule has 0 saturated carbocycles. The van der Waals surface area contributed by atoms with Crippen molar-refractivity contribution in [3.63, 3.8) is 0 Å². The molecule has 3 aromatic carbocycles. The van der Waals surface area contributed by atoms with E-state index in [1.807, 2.05) is 30.3 Å². The van der Waals surface area contributed by atoms with Gasteiger partial charge in [0.1, 0.15) is 17.0 Å². The SMILES string of the molecule is CCN(c1ncnc(Sc2ccccc2)c1N)c1cccc2ccccc12. The molecule has 0 aliphatic carbocycles. The van der Waals surface area contributed by atoms with Crippen molar-refractivity contribution in [2.45, 2.75) is 16.8 Å². The predicted molar refractivity (Wildman–Crippen MR) is 114 cm³/mol. The minimum absolute atomic E-state index is 0.598. The maximum Gasteiger partial charge on any atom is 0.160 e. The van der Waals surface area contributed by atoms with Crippen LogP contribution in [0.1, 0.15) is 6.92 Å². The van der Waals surface area contributed by atoms with Crippen molar-refractivity contribution >= 4 is 39.7 Å². The molecule has 0 aliphatic rings. The summed E-state index contributed by atoms with van der Waals surface area (Å²) in [6.07, 6.45) is 1.59. The monoisotopic (exact) mass is 372 g/mol. The van der Waals surface area contributed by atoms with E-state index in [0.29, 0.717) is 5.69 Å². The van der Waals surface area contributed by atoms with Crippen molar-refractivity contribution in [2.24, 2.45) is 0 Å². The van der Waals surface area contributed by atoms with Crippen LogP contribution in [0.3, 0.4) is 0 Å². The van der Waals surface area contributed by atoms with E-state index in [2.05, 4.69) is 64.3 Å². The number of anilines is 3. The number of benzene rings is 3. The van der Waals surface area contributed by atoms with E-state index in [1.54, 1.807) is 18.1 Å². The number of hydrogen-bond acceptors (Lipinski definition) is 5. The molecule has 27 heavy (non-hydrogen) atoms. The molecule has 1 heterocycles. The normalized spacial score (nSPS) is 10.9. The van der Waals surface area contributed by atoms with Gasteiger partial charge in [-0.05, 0) is 30.5 Å². The molecule has 0 saturated heterocycles. The lowest BCUT2D eigenvalue weighted by Gasteiger charge is -2.25. The predicted octanol–water partition coefficient (Wildman–Crippen LogP) is 5.52. The molecular formula is C22H20N4S. The Balaban J connectivity index is 1.78. The third-order valence-electron chi connectivity index (χ3n) is 4.41. The minimum Gasteiger partial charge on any atom is -0.394 e. The zero-order chi connectivity index (χ0) is 18.6. The second-order valence-corrected chi connectivity index (χ2v) is 7.14. The first kappa shape index (κ1) is 17.4. The molecule has 4 nitrogen and oxygen atoms in total. The number of nitrogen functional groups attached to an aromatic ring is 1. The highest BCUT2D eigenvalue weighted by Gasteiger charge is 2.18. The lowest BCUT2D eigenvalue weighted by Crippen LogP contribution is -2.20. The van der Waals surface area contributed by atoms with Crippen molar-refractivity contribution in [2.75, 3.05) is 17.2 Å².